The number of allylic oxidation sites excluding steroid dienone is 1. The summed E-state index contributed by atoms with van der Waals surface area (Å²) in [5.74, 6) is -0.0238. The van der Waals surface area contributed by atoms with Gasteiger partial charge >= 0.3 is 5.51 Å². The molecule has 0 aromatic heterocycles. The molecule has 3 rings (SSSR count). The Hall–Kier alpha value is -0.610. The molecule has 0 amide bonds. The normalized spacial score (nSPS) is 29.4. The second kappa shape index (κ2) is 5.79. The van der Waals surface area contributed by atoms with Gasteiger partial charge in [-0.3, -0.25) is 0 Å². The first-order valence-corrected chi connectivity index (χ1v) is 10.2. The molecule has 0 radical (unpaired) electrons. The van der Waals surface area contributed by atoms with E-state index >= 15 is 0 Å². The van der Waals surface area contributed by atoms with Crippen molar-refractivity contribution in [3.63, 3.8) is 0 Å². The SMILES string of the molecule is Cc1ccc2c(c1)C=C(C1CCCCCC1)S2(Cl)C(F)(F)F. The highest BCUT2D eigenvalue weighted by Gasteiger charge is 2.57. The van der Waals surface area contributed by atoms with Crippen LogP contribution in [0, 0.1) is 12.8 Å². The van der Waals surface area contributed by atoms with Gasteiger partial charge in [0, 0.05) is 4.90 Å². The maximum absolute atomic E-state index is 13.9. The smallest absolute Gasteiger partial charge is 0.160 e. The lowest BCUT2D eigenvalue weighted by Crippen LogP contribution is -2.19. The molecular formula is C17H20ClF3S. The lowest BCUT2D eigenvalue weighted by atomic mass is 9.98. The summed E-state index contributed by atoms with van der Waals surface area (Å²) in [4.78, 5) is 0.732. The Bertz CT molecular complexity index is 600. The molecule has 1 heterocycles. The van der Waals surface area contributed by atoms with E-state index in [1.54, 1.807) is 18.2 Å². The van der Waals surface area contributed by atoms with E-state index in [1.807, 2.05) is 13.0 Å². The summed E-state index contributed by atoms with van der Waals surface area (Å²) in [7, 11) is 2.95. The van der Waals surface area contributed by atoms with E-state index in [9.17, 15) is 13.2 Å². The van der Waals surface area contributed by atoms with Crippen LogP contribution in [0.2, 0.25) is 0 Å². The Morgan fingerprint density at radius 2 is 1.73 bits per heavy atom. The second-order valence-electron chi connectivity index (χ2n) is 6.26. The van der Waals surface area contributed by atoms with Crippen LogP contribution in [-0.4, -0.2) is 5.51 Å². The summed E-state index contributed by atoms with van der Waals surface area (Å²) in [5.41, 5.74) is -2.76. The van der Waals surface area contributed by atoms with Crippen LogP contribution in [0.25, 0.3) is 6.08 Å². The predicted octanol–water partition coefficient (Wildman–Crippen LogP) is 7.16. The standard InChI is InChI=1S/C17H20ClF3S/c1-12-8-9-15-14(10-12)11-16(22(15,18)17(19,20)21)13-6-4-2-3-5-7-13/h8-11,13H,2-7H2,1H3. The molecule has 1 atom stereocenters. The molecule has 0 N–H and O–H groups in total. The Balaban J connectivity index is 2.09. The van der Waals surface area contributed by atoms with E-state index in [0.29, 0.717) is 10.5 Å². The molecule has 22 heavy (non-hydrogen) atoms. The summed E-state index contributed by atoms with van der Waals surface area (Å²) in [6, 6.07) is 5.15. The molecular weight excluding hydrogens is 329 g/mol. The third-order valence-corrected chi connectivity index (χ3v) is 8.94. The third kappa shape index (κ3) is 2.58. The first-order valence-electron chi connectivity index (χ1n) is 7.75. The second-order valence-corrected chi connectivity index (χ2v) is 10.1. The fraction of sp³-hybridized carbons (Fsp3) is 0.529. The third-order valence-electron chi connectivity index (χ3n) is 4.67. The van der Waals surface area contributed by atoms with Crippen LogP contribution in [0.5, 0.6) is 0 Å². The number of benzene rings is 1. The molecule has 1 aromatic rings. The van der Waals surface area contributed by atoms with Gasteiger partial charge in [-0.15, -0.1) is 0 Å². The molecule has 1 saturated carbocycles. The van der Waals surface area contributed by atoms with Crippen LogP contribution >= 0.6 is 19.9 Å². The lowest BCUT2D eigenvalue weighted by Gasteiger charge is -2.37. The molecule has 1 aromatic carbocycles. The zero-order valence-electron chi connectivity index (χ0n) is 12.5. The minimum atomic E-state index is -4.40. The van der Waals surface area contributed by atoms with Gasteiger partial charge in [0.2, 0.25) is 0 Å². The number of alkyl halides is 3. The first kappa shape index (κ1) is 16.3. The Morgan fingerprint density at radius 1 is 1.09 bits per heavy atom. The number of fused-ring (bicyclic) bond motifs is 1. The minimum Gasteiger partial charge on any atom is -0.160 e. The van der Waals surface area contributed by atoms with E-state index < -0.39 is 14.7 Å². The van der Waals surface area contributed by atoms with E-state index in [4.69, 9.17) is 10.7 Å². The zero-order chi connectivity index (χ0) is 16.0. The Labute approximate surface area is 135 Å². The summed E-state index contributed by atoms with van der Waals surface area (Å²) in [6.45, 7) is 1.90. The number of halogens is 4. The molecule has 0 spiro atoms. The first-order chi connectivity index (χ1) is 10.3. The van der Waals surface area contributed by atoms with Crippen LogP contribution in [0.1, 0.15) is 49.7 Å². The van der Waals surface area contributed by atoms with Gasteiger partial charge in [0.15, 0.2) is 0 Å². The van der Waals surface area contributed by atoms with Crippen molar-refractivity contribution >= 4 is 26.0 Å². The number of aryl methyl sites for hydroxylation is 1. The molecule has 0 nitrogen and oxygen atoms in total. The van der Waals surface area contributed by atoms with Crippen LogP contribution in [0.3, 0.4) is 0 Å². The van der Waals surface area contributed by atoms with Crippen LogP contribution in [-0.2, 0) is 0 Å². The monoisotopic (exact) mass is 348 g/mol. The van der Waals surface area contributed by atoms with Crippen molar-refractivity contribution in [2.45, 2.75) is 55.9 Å². The Morgan fingerprint density at radius 3 is 2.32 bits per heavy atom. The van der Waals surface area contributed by atoms with Crippen LogP contribution in [0.15, 0.2) is 28.0 Å². The highest BCUT2D eigenvalue weighted by Crippen LogP contribution is 2.81. The summed E-state index contributed by atoms with van der Waals surface area (Å²) < 4.78 is 41.7. The highest BCUT2D eigenvalue weighted by molar-refractivity contribution is 8.54. The molecule has 0 saturated heterocycles. The quantitative estimate of drug-likeness (QED) is 0.472. The van der Waals surface area contributed by atoms with Crippen molar-refractivity contribution in [2.75, 3.05) is 0 Å². The van der Waals surface area contributed by atoms with Crippen LogP contribution in [0.4, 0.5) is 13.2 Å². The average Bonchev–Trinajstić information content (AvgIpc) is 2.63. The molecule has 1 unspecified atom stereocenters. The van der Waals surface area contributed by atoms with Gasteiger partial charge < -0.3 is 0 Å². The molecule has 122 valence electrons. The van der Waals surface area contributed by atoms with E-state index in [2.05, 4.69) is 0 Å². The van der Waals surface area contributed by atoms with Gasteiger partial charge in [-0.1, -0.05) is 43.4 Å². The summed E-state index contributed by atoms with van der Waals surface area (Å²) >= 11 is 0. The summed E-state index contributed by atoms with van der Waals surface area (Å²) in [6.07, 6.45) is 7.64. The predicted molar refractivity (Wildman–Crippen MR) is 88.1 cm³/mol. The maximum atomic E-state index is 13.9. The fourth-order valence-corrected chi connectivity index (χ4v) is 6.95. The van der Waals surface area contributed by atoms with Gasteiger partial charge in [0.1, 0.15) is 0 Å². The highest BCUT2D eigenvalue weighted by atomic mass is 35.7. The van der Waals surface area contributed by atoms with Crippen molar-refractivity contribution < 1.29 is 13.2 Å². The average molecular weight is 349 g/mol. The van der Waals surface area contributed by atoms with Gasteiger partial charge in [-0.25, -0.2) is 0 Å². The van der Waals surface area contributed by atoms with E-state index in [1.165, 1.54) is 0 Å². The van der Waals surface area contributed by atoms with Crippen molar-refractivity contribution in [3.8, 4) is 0 Å². The maximum Gasteiger partial charge on any atom is 0.445 e. The van der Waals surface area contributed by atoms with Gasteiger partial charge in [0.05, 0.1) is 0 Å². The molecule has 1 aliphatic carbocycles. The largest absolute Gasteiger partial charge is 0.445 e. The molecule has 1 aliphatic heterocycles. The van der Waals surface area contributed by atoms with E-state index in [-0.39, 0.29) is 10.8 Å². The van der Waals surface area contributed by atoms with Crippen molar-refractivity contribution in [1.29, 1.82) is 0 Å². The number of hydrogen-bond acceptors (Lipinski definition) is 0. The molecule has 5 heteroatoms. The number of rotatable bonds is 1. The van der Waals surface area contributed by atoms with Gasteiger partial charge in [-0.2, -0.15) is 13.2 Å². The van der Waals surface area contributed by atoms with E-state index in [0.717, 1.165) is 44.1 Å². The van der Waals surface area contributed by atoms with Crippen molar-refractivity contribution in [1.82, 2.24) is 0 Å². The van der Waals surface area contributed by atoms with Crippen molar-refractivity contribution in [3.05, 3.63) is 34.2 Å². The minimum absolute atomic E-state index is 0.0238. The lowest BCUT2D eigenvalue weighted by molar-refractivity contribution is -0.0361. The fourth-order valence-electron chi connectivity index (χ4n) is 3.57. The van der Waals surface area contributed by atoms with Gasteiger partial charge in [-0.05, 0) is 68.2 Å². The van der Waals surface area contributed by atoms with Crippen LogP contribution < -0.4 is 0 Å². The number of hydrogen-bond donors (Lipinski definition) is 0. The summed E-state index contributed by atoms with van der Waals surface area (Å²) in [5, 5.41) is 0. The molecule has 1 fully saturated rings. The van der Waals surface area contributed by atoms with Gasteiger partial charge in [0.25, 0.3) is 0 Å². The molecule has 0 bridgehead atoms. The van der Waals surface area contributed by atoms with Crippen molar-refractivity contribution in [2.24, 2.45) is 5.92 Å². The topological polar surface area (TPSA) is 0 Å². The zero-order valence-corrected chi connectivity index (χ0v) is 14.1. The Kier molecular flexibility index (Phi) is 4.28. The molecule has 2 aliphatic rings.